The molecule has 1 fully saturated rings. The monoisotopic (exact) mass is 276 g/mol. The molecule has 2 rings (SSSR count). The van der Waals surface area contributed by atoms with Crippen LogP contribution in [0.3, 0.4) is 0 Å². The first-order valence-corrected chi connectivity index (χ1v) is 7.28. The van der Waals surface area contributed by atoms with Crippen molar-refractivity contribution >= 4 is 5.91 Å². The topological polar surface area (TPSA) is 64.4 Å². The summed E-state index contributed by atoms with van der Waals surface area (Å²) in [5, 5.41) is 3.07. The van der Waals surface area contributed by atoms with Gasteiger partial charge in [-0.05, 0) is 42.9 Å². The SMILES string of the molecule is CC1(CNC(=O)c2ccccc2CCN)CCOCC1. The molecule has 1 aliphatic heterocycles. The van der Waals surface area contributed by atoms with Gasteiger partial charge in [0.05, 0.1) is 0 Å². The van der Waals surface area contributed by atoms with Gasteiger partial charge in [-0.3, -0.25) is 4.79 Å². The Morgan fingerprint density at radius 1 is 1.35 bits per heavy atom. The second kappa shape index (κ2) is 6.86. The Labute approximate surface area is 120 Å². The Kier molecular flexibility index (Phi) is 5.15. The van der Waals surface area contributed by atoms with Gasteiger partial charge in [-0.1, -0.05) is 25.1 Å². The minimum absolute atomic E-state index is 0.00164. The normalized spacial score (nSPS) is 17.7. The summed E-state index contributed by atoms with van der Waals surface area (Å²) in [6.07, 6.45) is 2.73. The third kappa shape index (κ3) is 3.81. The van der Waals surface area contributed by atoms with E-state index < -0.39 is 0 Å². The highest BCUT2D eigenvalue weighted by atomic mass is 16.5. The quantitative estimate of drug-likeness (QED) is 0.861. The van der Waals surface area contributed by atoms with E-state index in [0.29, 0.717) is 13.1 Å². The number of rotatable bonds is 5. The number of carbonyl (C=O) groups excluding carboxylic acids is 1. The molecule has 4 heteroatoms. The summed E-state index contributed by atoms with van der Waals surface area (Å²) in [5.74, 6) is 0.00164. The summed E-state index contributed by atoms with van der Waals surface area (Å²) >= 11 is 0. The van der Waals surface area contributed by atoms with E-state index in [9.17, 15) is 4.79 Å². The van der Waals surface area contributed by atoms with Crippen molar-refractivity contribution in [2.24, 2.45) is 11.1 Å². The number of nitrogens with two attached hydrogens (primary N) is 1. The lowest BCUT2D eigenvalue weighted by atomic mass is 9.82. The Balaban J connectivity index is 1.98. The molecule has 1 aromatic rings. The van der Waals surface area contributed by atoms with Gasteiger partial charge in [0.15, 0.2) is 0 Å². The van der Waals surface area contributed by atoms with Crippen molar-refractivity contribution in [3.63, 3.8) is 0 Å². The maximum atomic E-state index is 12.3. The summed E-state index contributed by atoms with van der Waals surface area (Å²) in [5.41, 5.74) is 7.51. The molecular formula is C16H24N2O2. The van der Waals surface area contributed by atoms with Gasteiger partial charge in [-0.15, -0.1) is 0 Å². The number of carbonyl (C=O) groups is 1. The number of amides is 1. The average Bonchev–Trinajstić information content (AvgIpc) is 2.47. The summed E-state index contributed by atoms with van der Waals surface area (Å²) in [7, 11) is 0. The second-order valence-electron chi connectivity index (χ2n) is 5.80. The van der Waals surface area contributed by atoms with Crippen LogP contribution in [0, 0.1) is 5.41 Å². The van der Waals surface area contributed by atoms with E-state index in [1.807, 2.05) is 24.3 Å². The predicted molar refractivity (Wildman–Crippen MR) is 79.7 cm³/mol. The van der Waals surface area contributed by atoms with Gasteiger partial charge in [-0.2, -0.15) is 0 Å². The summed E-state index contributed by atoms with van der Waals surface area (Å²) in [6, 6.07) is 7.68. The lowest BCUT2D eigenvalue weighted by Gasteiger charge is -2.33. The van der Waals surface area contributed by atoms with Gasteiger partial charge in [-0.25, -0.2) is 0 Å². The number of benzene rings is 1. The third-order valence-electron chi connectivity index (χ3n) is 4.05. The van der Waals surface area contributed by atoms with Gasteiger partial charge >= 0.3 is 0 Å². The molecule has 110 valence electrons. The van der Waals surface area contributed by atoms with Crippen LogP contribution in [-0.2, 0) is 11.2 Å². The zero-order chi connectivity index (χ0) is 14.4. The highest BCUT2D eigenvalue weighted by Crippen LogP contribution is 2.28. The van der Waals surface area contributed by atoms with Gasteiger partial charge in [0, 0.05) is 25.3 Å². The fourth-order valence-electron chi connectivity index (χ4n) is 2.55. The molecule has 0 spiro atoms. The zero-order valence-corrected chi connectivity index (χ0v) is 12.2. The van der Waals surface area contributed by atoms with Crippen LogP contribution in [0.4, 0.5) is 0 Å². The zero-order valence-electron chi connectivity index (χ0n) is 12.2. The van der Waals surface area contributed by atoms with Gasteiger partial charge < -0.3 is 15.8 Å². The molecule has 4 nitrogen and oxygen atoms in total. The summed E-state index contributed by atoms with van der Waals surface area (Å²) in [4.78, 5) is 12.3. The first-order chi connectivity index (χ1) is 9.64. The first-order valence-electron chi connectivity index (χ1n) is 7.28. The first kappa shape index (κ1) is 15.0. The van der Waals surface area contributed by atoms with Crippen molar-refractivity contribution in [1.82, 2.24) is 5.32 Å². The van der Waals surface area contributed by atoms with Gasteiger partial charge in [0.2, 0.25) is 0 Å². The fourth-order valence-corrected chi connectivity index (χ4v) is 2.55. The maximum absolute atomic E-state index is 12.3. The molecule has 1 saturated heterocycles. The Hall–Kier alpha value is -1.39. The van der Waals surface area contributed by atoms with E-state index in [-0.39, 0.29) is 11.3 Å². The highest BCUT2D eigenvalue weighted by molar-refractivity contribution is 5.95. The van der Waals surface area contributed by atoms with E-state index in [2.05, 4.69) is 12.2 Å². The highest BCUT2D eigenvalue weighted by Gasteiger charge is 2.28. The predicted octanol–water partition coefficient (Wildman–Crippen LogP) is 1.73. The summed E-state index contributed by atoms with van der Waals surface area (Å²) < 4.78 is 5.38. The lowest BCUT2D eigenvalue weighted by Crippen LogP contribution is -2.39. The molecule has 0 aliphatic carbocycles. The largest absolute Gasteiger partial charge is 0.381 e. The van der Waals surface area contributed by atoms with Crippen LogP contribution < -0.4 is 11.1 Å². The van der Waals surface area contributed by atoms with Crippen LogP contribution in [-0.4, -0.2) is 32.2 Å². The minimum Gasteiger partial charge on any atom is -0.381 e. The molecule has 0 radical (unpaired) electrons. The van der Waals surface area contributed by atoms with Crippen LogP contribution >= 0.6 is 0 Å². The molecular weight excluding hydrogens is 252 g/mol. The molecule has 0 atom stereocenters. The number of hydrogen-bond donors (Lipinski definition) is 2. The molecule has 1 heterocycles. The Morgan fingerprint density at radius 3 is 2.75 bits per heavy atom. The molecule has 20 heavy (non-hydrogen) atoms. The fraction of sp³-hybridized carbons (Fsp3) is 0.562. The number of ether oxygens (including phenoxy) is 1. The lowest BCUT2D eigenvalue weighted by molar-refractivity contribution is 0.0238. The molecule has 0 aromatic heterocycles. The minimum atomic E-state index is 0.00164. The second-order valence-corrected chi connectivity index (χ2v) is 5.80. The van der Waals surface area contributed by atoms with Crippen molar-refractivity contribution in [2.75, 3.05) is 26.3 Å². The van der Waals surface area contributed by atoms with Crippen molar-refractivity contribution < 1.29 is 9.53 Å². The van der Waals surface area contributed by atoms with Crippen LogP contribution in [0.15, 0.2) is 24.3 Å². The third-order valence-corrected chi connectivity index (χ3v) is 4.05. The molecule has 1 amide bonds. The van der Waals surface area contributed by atoms with E-state index in [1.165, 1.54) is 0 Å². The number of nitrogens with one attached hydrogen (secondary N) is 1. The van der Waals surface area contributed by atoms with E-state index in [4.69, 9.17) is 10.5 Å². The summed E-state index contributed by atoms with van der Waals surface area (Å²) in [6.45, 7) is 5.04. The van der Waals surface area contributed by atoms with E-state index in [1.54, 1.807) is 0 Å². The van der Waals surface area contributed by atoms with Crippen molar-refractivity contribution in [3.05, 3.63) is 35.4 Å². The maximum Gasteiger partial charge on any atom is 0.251 e. The van der Waals surface area contributed by atoms with Crippen LogP contribution in [0.25, 0.3) is 0 Å². The average molecular weight is 276 g/mol. The van der Waals surface area contributed by atoms with Crippen molar-refractivity contribution in [2.45, 2.75) is 26.2 Å². The molecule has 0 unspecified atom stereocenters. The van der Waals surface area contributed by atoms with Crippen LogP contribution in [0.1, 0.15) is 35.7 Å². The number of hydrogen-bond acceptors (Lipinski definition) is 3. The smallest absolute Gasteiger partial charge is 0.251 e. The molecule has 0 saturated carbocycles. The van der Waals surface area contributed by atoms with Crippen molar-refractivity contribution in [1.29, 1.82) is 0 Å². The van der Waals surface area contributed by atoms with Crippen molar-refractivity contribution in [3.8, 4) is 0 Å². The molecule has 0 bridgehead atoms. The van der Waals surface area contributed by atoms with Gasteiger partial charge in [0.1, 0.15) is 0 Å². The molecule has 1 aromatic carbocycles. The van der Waals surface area contributed by atoms with Crippen LogP contribution in [0.2, 0.25) is 0 Å². The van der Waals surface area contributed by atoms with E-state index >= 15 is 0 Å². The standard InChI is InChI=1S/C16H24N2O2/c1-16(7-10-20-11-8-16)12-18-15(19)14-5-3-2-4-13(14)6-9-17/h2-5H,6-12,17H2,1H3,(H,18,19). The Morgan fingerprint density at radius 2 is 2.05 bits per heavy atom. The van der Waals surface area contributed by atoms with Crippen LogP contribution in [0.5, 0.6) is 0 Å². The van der Waals surface area contributed by atoms with Gasteiger partial charge in [0.25, 0.3) is 5.91 Å². The molecule has 3 N–H and O–H groups in total. The molecule has 1 aliphatic rings. The van der Waals surface area contributed by atoms with E-state index in [0.717, 1.165) is 43.6 Å². The Bertz CT molecular complexity index is 454.